The Morgan fingerprint density at radius 1 is 1.13 bits per heavy atom. The first-order valence-electron chi connectivity index (χ1n) is 6.12. The Labute approximate surface area is 95.6 Å². The topological polar surface area (TPSA) is 35.2 Å². The third-order valence-corrected chi connectivity index (χ3v) is 2.55. The third-order valence-electron chi connectivity index (χ3n) is 2.55. The van der Waals surface area contributed by atoms with E-state index in [1.165, 1.54) is 6.42 Å². The van der Waals surface area contributed by atoms with E-state index in [1.807, 2.05) is 6.92 Å². The van der Waals surface area contributed by atoms with Crippen LogP contribution in [0.25, 0.3) is 0 Å². The average Bonchev–Trinajstić information content (AvgIpc) is 1.99. The van der Waals surface area contributed by atoms with Crippen molar-refractivity contribution in [1.29, 1.82) is 0 Å². The van der Waals surface area contributed by atoms with Crippen LogP contribution in [0.2, 0.25) is 0 Å². The molecule has 2 atom stereocenters. The molecule has 2 heteroatoms. The summed E-state index contributed by atoms with van der Waals surface area (Å²) in [5.41, 5.74) is 6.07. The summed E-state index contributed by atoms with van der Waals surface area (Å²) in [5.74, 6) is 0.761. The normalized spacial score (nSPS) is 16.8. The van der Waals surface area contributed by atoms with Crippen LogP contribution in [0, 0.1) is 11.3 Å². The first kappa shape index (κ1) is 14.9. The van der Waals surface area contributed by atoms with E-state index in [0.717, 1.165) is 18.9 Å². The second-order valence-corrected chi connectivity index (χ2v) is 6.05. The molecule has 92 valence electrons. The van der Waals surface area contributed by atoms with Gasteiger partial charge in [0, 0.05) is 12.6 Å². The average molecular weight is 215 g/mol. The van der Waals surface area contributed by atoms with Gasteiger partial charge in [-0.25, -0.2) is 0 Å². The van der Waals surface area contributed by atoms with E-state index in [1.54, 1.807) is 0 Å². The summed E-state index contributed by atoms with van der Waals surface area (Å²) in [6, 6.07) is 0.101. The maximum absolute atomic E-state index is 5.94. The predicted octanol–water partition coefficient (Wildman–Crippen LogP) is 3.20. The maximum Gasteiger partial charge on any atom is 0.0771 e. The molecule has 0 aliphatic carbocycles. The highest BCUT2D eigenvalue weighted by molar-refractivity contribution is 4.81. The molecule has 0 spiro atoms. The summed E-state index contributed by atoms with van der Waals surface area (Å²) in [7, 11) is 0. The monoisotopic (exact) mass is 215 g/mol. The van der Waals surface area contributed by atoms with Gasteiger partial charge in [-0.3, -0.25) is 0 Å². The van der Waals surface area contributed by atoms with Crippen LogP contribution in [0.3, 0.4) is 0 Å². The molecule has 0 heterocycles. The Morgan fingerprint density at radius 2 is 1.67 bits per heavy atom. The van der Waals surface area contributed by atoms with Crippen LogP contribution in [0.5, 0.6) is 0 Å². The van der Waals surface area contributed by atoms with Crippen molar-refractivity contribution >= 4 is 0 Å². The van der Waals surface area contributed by atoms with E-state index in [0.29, 0.717) is 0 Å². The first-order valence-corrected chi connectivity index (χ1v) is 6.12. The smallest absolute Gasteiger partial charge is 0.0771 e. The molecule has 0 amide bonds. The summed E-state index contributed by atoms with van der Waals surface area (Å²) in [6.45, 7) is 13.9. The highest BCUT2D eigenvalue weighted by Gasteiger charge is 2.28. The predicted molar refractivity (Wildman–Crippen MR) is 66.9 cm³/mol. The molecule has 0 aromatic heterocycles. The van der Waals surface area contributed by atoms with Crippen molar-refractivity contribution < 1.29 is 4.74 Å². The Balaban J connectivity index is 3.89. The molecule has 0 radical (unpaired) electrons. The lowest BCUT2D eigenvalue weighted by atomic mass is 9.85. The molecule has 0 aliphatic heterocycles. The van der Waals surface area contributed by atoms with Gasteiger partial charge in [0.1, 0.15) is 0 Å². The number of nitrogens with two attached hydrogens (primary N) is 1. The summed E-state index contributed by atoms with van der Waals surface area (Å²) >= 11 is 0. The van der Waals surface area contributed by atoms with E-state index in [4.69, 9.17) is 10.5 Å². The molecule has 0 fully saturated rings. The second-order valence-electron chi connectivity index (χ2n) is 6.05. The largest absolute Gasteiger partial charge is 0.376 e. The van der Waals surface area contributed by atoms with E-state index >= 15 is 0 Å². The third kappa shape index (κ3) is 6.91. The standard InChI is InChI=1S/C13H29NO/c1-10(2)8-7-9-15-12(11(3)14)13(4,5)6/h10-12H,7-9,14H2,1-6H3. The lowest BCUT2D eigenvalue weighted by Gasteiger charge is -2.33. The molecule has 0 aromatic rings. The zero-order chi connectivity index (χ0) is 12.1. The molecule has 0 aliphatic rings. The fourth-order valence-electron chi connectivity index (χ4n) is 1.89. The van der Waals surface area contributed by atoms with Crippen LogP contribution in [-0.4, -0.2) is 18.8 Å². The minimum atomic E-state index is 0.101. The highest BCUT2D eigenvalue weighted by Crippen LogP contribution is 2.24. The number of ether oxygens (including phenoxy) is 1. The van der Waals surface area contributed by atoms with E-state index in [-0.39, 0.29) is 17.6 Å². The van der Waals surface area contributed by atoms with Gasteiger partial charge in [-0.2, -0.15) is 0 Å². The van der Waals surface area contributed by atoms with Crippen molar-refractivity contribution in [1.82, 2.24) is 0 Å². The quantitative estimate of drug-likeness (QED) is 0.691. The van der Waals surface area contributed by atoms with Crippen LogP contribution in [0.1, 0.15) is 54.4 Å². The Bertz CT molecular complexity index is 158. The summed E-state index contributed by atoms with van der Waals surface area (Å²) in [6.07, 6.45) is 2.52. The number of hydrogen-bond acceptors (Lipinski definition) is 2. The van der Waals surface area contributed by atoms with Crippen LogP contribution in [-0.2, 0) is 4.74 Å². The van der Waals surface area contributed by atoms with E-state index < -0.39 is 0 Å². The Kier molecular flexibility index (Phi) is 6.46. The minimum Gasteiger partial charge on any atom is -0.376 e. The SMILES string of the molecule is CC(C)CCCOC(C(C)N)C(C)(C)C. The van der Waals surface area contributed by atoms with Crippen molar-refractivity contribution in [3.63, 3.8) is 0 Å². The molecule has 0 saturated carbocycles. The molecule has 0 aromatic carbocycles. The molecule has 0 saturated heterocycles. The van der Waals surface area contributed by atoms with Crippen molar-refractivity contribution in [2.24, 2.45) is 17.1 Å². The second kappa shape index (κ2) is 6.49. The van der Waals surface area contributed by atoms with Crippen molar-refractivity contribution in [3.05, 3.63) is 0 Å². The summed E-state index contributed by atoms with van der Waals surface area (Å²) in [4.78, 5) is 0. The zero-order valence-corrected chi connectivity index (χ0v) is 11.3. The van der Waals surface area contributed by atoms with Crippen LogP contribution in [0.4, 0.5) is 0 Å². The lowest BCUT2D eigenvalue weighted by molar-refractivity contribution is -0.0320. The molecule has 2 N–H and O–H groups in total. The Hall–Kier alpha value is -0.0800. The molecular weight excluding hydrogens is 186 g/mol. The van der Waals surface area contributed by atoms with Gasteiger partial charge >= 0.3 is 0 Å². The number of rotatable bonds is 6. The highest BCUT2D eigenvalue weighted by atomic mass is 16.5. The van der Waals surface area contributed by atoms with Crippen LogP contribution in [0.15, 0.2) is 0 Å². The maximum atomic E-state index is 5.94. The molecule has 0 bridgehead atoms. The van der Waals surface area contributed by atoms with Gasteiger partial charge in [-0.05, 0) is 31.1 Å². The van der Waals surface area contributed by atoms with Gasteiger partial charge in [0.15, 0.2) is 0 Å². The number of hydrogen-bond donors (Lipinski definition) is 1. The Morgan fingerprint density at radius 3 is 2.00 bits per heavy atom. The van der Waals surface area contributed by atoms with Crippen molar-refractivity contribution in [2.75, 3.05) is 6.61 Å². The molecule has 15 heavy (non-hydrogen) atoms. The summed E-state index contributed by atoms with van der Waals surface area (Å²) in [5, 5.41) is 0. The fraction of sp³-hybridized carbons (Fsp3) is 1.00. The van der Waals surface area contributed by atoms with Gasteiger partial charge in [0.2, 0.25) is 0 Å². The van der Waals surface area contributed by atoms with Gasteiger partial charge < -0.3 is 10.5 Å². The van der Waals surface area contributed by atoms with Crippen LogP contribution >= 0.6 is 0 Å². The summed E-state index contributed by atoms with van der Waals surface area (Å²) < 4.78 is 5.89. The van der Waals surface area contributed by atoms with Gasteiger partial charge in [0.05, 0.1) is 6.10 Å². The molecule has 2 nitrogen and oxygen atoms in total. The van der Waals surface area contributed by atoms with Crippen LogP contribution < -0.4 is 5.73 Å². The van der Waals surface area contributed by atoms with E-state index in [9.17, 15) is 0 Å². The molecule has 2 unspecified atom stereocenters. The van der Waals surface area contributed by atoms with Gasteiger partial charge in [-0.15, -0.1) is 0 Å². The van der Waals surface area contributed by atoms with Crippen molar-refractivity contribution in [3.8, 4) is 0 Å². The van der Waals surface area contributed by atoms with Gasteiger partial charge in [-0.1, -0.05) is 34.6 Å². The van der Waals surface area contributed by atoms with Gasteiger partial charge in [0.25, 0.3) is 0 Å². The lowest BCUT2D eigenvalue weighted by Crippen LogP contribution is -2.43. The first-order chi connectivity index (χ1) is 6.75. The van der Waals surface area contributed by atoms with Crippen molar-refractivity contribution in [2.45, 2.75) is 66.5 Å². The minimum absolute atomic E-state index is 0.101. The molecule has 0 rings (SSSR count). The molecular formula is C13H29NO. The zero-order valence-electron chi connectivity index (χ0n) is 11.3. The van der Waals surface area contributed by atoms with E-state index in [2.05, 4.69) is 34.6 Å². The fourth-order valence-corrected chi connectivity index (χ4v) is 1.89.